The van der Waals surface area contributed by atoms with E-state index in [1.807, 2.05) is 0 Å². The Morgan fingerprint density at radius 2 is 2.09 bits per heavy atom. The van der Waals surface area contributed by atoms with Crippen LogP contribution in [0.25, 0.3) is 0 Å². The minimum atomic E-state index is -0.760. The first-order valence-corrected chi connectivity index (χ1v) is 7.46. The van der Waals surface area contributed by atoms with Crippen LogP contribution in [0.1, 0.15) is 36.2 Å². The van der Waals surface area contributed by atoms with Crippen molar-refractivity contribution in [1.82, 2.24) is 0 Å². The molecule has 3 N–H and O–H groups in total. The minimum absolute atomic E-state index is 0.0566. The summed E-state index contributed by atoms with van der Waals surface area (Å²) in [4.78, 5) is 12.7. The number of aromatic hydroxyl groups is 2. The number of carbonyl (C=O) groups is 1. The highest BCUT2D eigenvalue weighted by Gasteiger charge is 2.58. The maximum absolute atomic E-state index is 12.7. The summed E-state index contributed by atoms with van der Waals surface area (Å²) in [5.41, 5.74) is 0.357. The molecule has 23 heavy (non-hydrogen) atoms. The summed E-state index contributed by atoms with van der Waals surface area (Å²) in [5.74, 6) is -0.718. The number of carbonyl (C=O) groups excluding carboxylic acids is 1. The molecule has 0 amide bonds. The molecule has 1 aromatic carbocycles. The van der Waals surface area contributed by atoms with Crippen LogP contribution in [0.5, 0.6) is 17.2 Å². The largest absolute Gasteiger partial charge is 0.507 e. The molecule has 1 aromatic rings. The summed E-state index contributed by atoms with van der Waals surface area (Å²) in [7, 11) is 1.37. The van der Waals surface area contributed by atoms with E-state index in [4.69, 9.17) is 9.47 Å². The summed E-state index contributed by atoms with van der Waals surface area (Å²) in [5, 5.41) is 30.8. The number of methoxy groups -OCH3 is 1. The molecule has 124 valence electrons. The lowest BCUT2D eigenvalue weighted by atomic mass is 9.87. The molecule has 1 aliphatic heterocycles. The number of aliphatic hydroxyl groups excluding tert-OH is 1. The zero-order valence-electron chi connectivity index (χ0n) is 13.3. The number of allylic oxidation sites excluding steroid dienone is 1. The van der Waals surface area contributed by atoms with Crippen LogP contribution in [0.4, 0.5) is 0 Å². The minimum Gasteiger partial charge on any atom is -0.507 e. The van der Waals surface area contributed by atoms with Gasteiger partial charge in [0.15, 0.2) is 23.4 Å². The molecule has 2 aliphatic rings. The molecule has 6 nitrogen and oxygen atoms in total. The molecule has 3 atom stereocenters. The van der Waals surface area contributed by atoms with Crippen LogP contribution in [-0.4, -0.2) is 46.0 Å². The van der Waals surface area contributed by atoms with Gasteiger partial charge in [-0.2, -0.15) is 0 Å². The predicted octanol–water partition coefficient (Wildman–Crippen LogP) is 1.70. The fourth-order valence-corrected chi connectivity index (χ4v) is 3.28. The van der Waals surface area contributed by atoms with Crippen LogP contribution < -0.4 is 4.74 Å². The molecule has 1 heterocycles. The highest BCUT2D eigenvalue weighted by Crippen LogP contribution is 2.47. The van der Waals surface area contributed by atoms with Crippen LogP contribution in [0, 0.1) is 0 Å². The molecule has 0 bridgehead atoms. The van der Waals surface area contributed by atoms with Crippen LogP contribution in [0.3, 0.4) is 0 Å². The summed E-state index contributed by atoms with van der Waals surface area (Å²) < 4.78 is 10.5. The van der Waals surface area contributed by atoms with Crippen LogP contribution in [-0.2, 0) is 11.2 Å². The van der Waals surface area contributed by atoms with E-state index < -0.39 is 17.8 Å². The van der Waals surface area contributed by atoms with Gasteiger partial charge in [0, 0.05) is 18.1 Å². The highest BCUT2D eigenvalue weighted by molar-refractivity contribution is 6.06. The average molecular weight is 320 g/mol. The Labute approximate surface area is 134 Å². The first-order chi connectivity index (χ1) is 10.8. The first kappa shape index (κ1) is 15.8. The van der Waals surface area contributed by atoms with Crippen molar-refractivity contribution in [2.45, 2.75) is 44.5 Å². The maximum atomic E-state index is 12.7. The number of ketones is 1. The molecule has 0 saturated carbocycles. The zero-order chi connectivity index (χ0) is 16.9. The lowest BCUT2D eigenvalue weighted by Gasteiger charge is -2.18. The van der Waals surface area contributed by atoms with Crippen molar-refractivity contribution in [2.24, 2.45) is 0 Å². The SMILES string of the molecule is COc1cc(O)c2c(c1O)CC(C)=CC(O)CC1(C)OC1C2=O. The normalized spacial score (nSPS) is 30.1. The molecule has 0 radical (unpaired) electrons. The zero-order valence-corrected chi connectivity index (χ0v) is 13.3. The molecule has 6 heteroatoms. The second-order valence-electron chi connectivity index (χ2n) is 6.44. The summed E-state index contributed by atoms with van der Waals surface area (Å²) in [6.45, 7) is 3.55. The Balaban J connectivity index is 2.20. The lowest BCUT2D eigenvalue weighted by Crippen LogP contribution is -2.25. The van der Waals surface area contributed by atoms with E-state index in [1.54, 1.807) is 19.9 Å². The van der Waals surface area contributed by atoms with E-state index in [-0.39, 0.29) is 40.6 Å². The van der Waals surface area contributed by atoms with Crippen molar-refractivity contribution in [2.75, 3.05) is 7.11 Å². The van der Waals surface area contributed by atoms with Gasteiger partial charge in [-0.3, -0.25) is 4.79 Å². The predicted molar refractivity (Wildman–Crippen MR) is 82.0 cm³/mol. The van der Waals surface area contributed by atoms with Crippen molar-refractivity contribution in [3.8, 4) is 17.2 Å². The van der Waals surface area contributed by atoms with Gasteiger partial charge in [-0.05, 0) is 20.3 Å². The second kappa shape index (κ2) is 5.25. The molecular weight excluding hydrogens is 300 g/mol. The molecule has 0 spiro atoms. The third-order valence-electron chi connectivity index (χ3n) is 4.48. The molecule has 3 rings (SSSR count). The fraction of sp³-hybridized carbons (Fsp3) is 0.471. The number of hydrogen-bond acceptors (Lipinski definition) is 6. The third-order valence-corrected chi connectivity index (χ3v) is 4.48. The van der Waals surface area contributed by atoms with Crippen LogP contribution in [0.2, 0.25) is 0 Å². The van der Waals surface area contributed by atoms with Gasteiger partial charge >= 0.3 is 0 Å². The second-order valence-corrected chi connectivity index (χ2v) is 6.44. The summed E-state index contributed by atoms with van der Waals surface area (Å²) in [6, 6.07) is 1.23. The molecule has 0 aromatic heterocycles. The van der Waals surface area contributed by atoms with E-state index in [0.29, 0.717) is 6.42 Å². The van der Waals surface area contributed by atoms with E-state index in [0.717, 1.165) is 5.57 Å². The Kier molecular flexibility index (Phi) is 3.61. The van der Waals surface area contributed by atoms with E-state index >= 15 is 0 Å². The van der Waals surface area contributed by atoms with Gasteiger partial charge in [0.2, 0.25) is 0 Å². The molecule has 1 saturated heterocycles. The van der Waals surface area contributed by atoms with E-state index in [1.165, 1.54) is 13.2 Å². The Hall–Kier alpha value is -2.05. The monoisotopic (exact) mass is 320 g/mol. The van der Waals surface area contributed by atoms with E-state index in [9.17, 15) is 20.1 Å². The van der Waals surface area contributed by atoms with E-state index in [2.05, 4.69) is 0 Å². The van der Waals surface area contributed by atoms with Gasteiger partial charge in [0.1, 0.15) is 11.4 Å². The highest BCUT2D eigenvalue weighted by atomic mass is 16.6. The number of aliphatic hydroxyl groups is 1. The van der Waals surface area contributed by atoms with Crippen molar-refractivity contribution in [1.29, 1.82) is 0 Å². The maximum Gasteiger partial charge on any atom is 0.198 e. The average Bonchev–Trinajstić information content (AvgIpc) is 3.12. The number of hydrogen-bond donors (Lipinski definition) is 3. The summed E-state index contributed by atoms with van der Waals surface area (Å²) >= 11 is 0. The Morgan fingerprint density at radius 1 is 1.39 bits per heavy atom. The number of ether oxygens (including phenoxy) is 2. The standard InChI is InChI=1S/C17H20O6/c1-8-4-9(18)7-17(2)16(23-17)15(21)13-10(5-8)14(20)12(22-3)6-11(13)19/h4,6,9,16,18-20H,5,7H2,1-3H3. The van der Waals surface area contributed by atoms with Crippen molar-refractivity contribution in [3.63, 3.8) is 0 Å². The summed E-state index contributed by atoms with van der Waals surface area (Å²) in [6.07, 6.45) is 0.735. The number of phenolic OH excluding ortho intramolecular Hbond substituents is 2. The van der Waals surface area contributed by atoms with Crippen molar-refractivity contribution in [3.05, 3.63) is 28.8 Å². The van der Waals surface area contributed by atoms with Crippen molar-refractivity contribution >= 4 is 5.78 Å². The number of benzene rings is 1. The van der Waals surface area contributed by atoms with Gasteiger partial charge in [-0.15, -0.1) is 0 Å². The number of epoxide rings is 1. The van der Waals surface area contributed by atoms with Gasteiger partial charge in [0.05, 0.1) is 18.8 Å². The fourth-order valence-electron chi connectivity index (χ4n) is 3.28. The van der Waals surface area contributed by atoms with Crippen LogP contribution >= 0.6 is 0 Å². The molecule has 3 unspecified atom stereocenters. The van der Waals surface area contributed by atoms with Gasteiger partial charge < -0.3 is 24.8 Å². The molecular formula is C17H20O6. The van der Waals surface area contributed by atoms with Crippen LogP contribution in [0.15, 0.2) is 17.7 Å². The number of rotatable bonds is 1. The third kappa shape index (κ3) is 2.58. The lowest BCUT2D eigenvalue weighted by molar-refractivity contribution is 0.0949. The smallest absolute Gasteiger partial charge is 0.198 e. The number of Topliss-reactive ketones (excluding diaryl/α,β-unsaturated/α-hetero) is 1. The first-order valence-electron chi connectivity index (χ1n) is 7.46. The Morgan fingerprint density at radius 3 is 2.74 bits per heavy atom. The molecule has 1 aliphatic carbocycles. The molecule has 1 fully saturated rings. The number of fused-ring (bicyclic) bond motifs is 2. The van der Waals surface area contributed by atoms with Gasteiger partial charge in [-0.25, -0.2) is 0 Å². The van der Waals surface area contributed by atoms with Crippen molar-refractivity contribution < 1.29 is 29.6 Å². The quantitative estimate of drug-likeness (QED) is 0.414. The number of phenols is 2. The Bertz CT molecular complexity index is 708. The van der Waals surface area contributed by atoms with Gasteiger partial charge in [-0.1, -0.05) is 11.6 Å². The topological polar surface area (TPSA) is 99.5 Å². The van der Waals surface area contributed by atoms with Gasteiger partial charge in [0.25, 0.3) is 0 Å².